The van der Waals surface area contributed by atoms with E-state index in [1.807, 2.05) is 6.07 Å². The Morgan fingerprint density at radius 3 is 2.81 bits per heavy atom. The molecule has 1 N–H and O–H groups in total. The Kier molecular flexibility index (Phi) is 10.2. The second kappa shape index (κ2) is 11.7. The van der Waals surface area contributed by atoms with Gasteiger partial charge in [-0.1, -0.05) is 18.5 Å². The predicted octanol–water partition coefficient (Wildman–Crippen LogP) is 2.67. The highest BCUT2D eigenvalue weighted by atomic mass is 35.5. The van der Waals surface area contributed by atoms with E-state index in [9.17, 15) is 0 Å². The van der Waals surface area contributed by atoms with Crippen LogP contribution >= 0.6 is 11.6 Å². The number of hydrogen-bond donors (Lipinski definition) is 1. The van der Waals surface area contributed by atoms with Crippen molar-refractivity contribution >= 4 is 11.6 Å². The zero-order valence-corrected chi connectivity index (χ0v) is 13.6. The van der Waals surface area contributed by atoms with Crippen LogP contribution in [0.4, 0.5) is 0 Å². The van der Waals surface area contributed by atoms with Gasteiger partial charge in [0.1, 0.15) is 0 Å². The van der Waals surface area contributed by atoms with Gasteiger partial charge in [-0.15, -0.1) is 0 Å². The molecular weight excluding hydrogens is 292 g/mol. The van der Waals surface area contributed by atoms with Crippen LogP contribution in [0.2, 0.25) is 5.02 Å². The number of pyridine rings is 1. The molecule has 0 aliphatic heterocycles. The van der Waals surface area contributed by atoms with E-state index >= 15 is 0 Å². The molecule has 0 unspecified atom stereocenters. The van der Waals surface area contributed by atoms with Gasteiger partial charge in [-0.3, -0.25) is 0 Å². The number of methoxy groups -OCH3 is 1. The molecule has 0 aromatic carbocycles. The zero-order valence-electron chi connectivity index (χ0n) is 12.9. The fourth-order valence-electron chi connectivity index (χ4n) is 1.63. The molecule has 6 heteroatoms. The Hall–Kier alpha value is -0.880. The van der Waals surface area contributed by atoms with Gasteiger partial charge in [0.15, 0.2) is 0 Å². The van der Waals surface area contributed by atoms with Gasteiger partial charge in [0, 0.05) is 32.7 Å². The van der Waals surface area contributed by atoms with E-state index in [-0.39, 0.29) is 0 Å². The summed E-state index contributed by atoms with van der Waals surface area (Å²) in [5, 5.41) is 3.94. The van der Waals surface area contributed by atoms with Crippen LogP contribution in [0.25, 0.3) is 0 Å². The topological polar surface area (TPSA) is 52.6 Å². The zero-order chi connectivity index (χ0) is 15.3. The molecule has 0 radical (unpaired) electrons. The van der Waals surface area contributed by atoms with Crippen molar-refractivity contribution in [3.63, 3.8) is 0 Å². The SMILES string of the molecule is CCCNCc1nc(OCCCOCCOC)ccc1Cl. The van der Waals surface area contributed by atoms with Crippen molar-refractivity contribution in [1.29, 1.82) is 0 Å². The second-order valence-electron chi connectivity index (χ2n) is 4.56. The van der Waals surface area contributed by atoms with E-state index in [2.05, 4.69) is 17.2 Å². The molecule has 0 aliphatic rings. The molecule has 0 spiro atoms. The maximum absolute atomic E-state index is 6.12. The summed E-state index contributed by atoms with van der Waals surface area (Å²) in [6.45, 7) is 6.18. The Morgan fingerprint density at radius 1 is 1.19 bits per heavy atom. The summed E-state index contributed by atoms with van der Waals surface area (Å²) in [6.07, 6.45) is 1.90. The van der Waals surface area contributed by atoms with Crippen molar-refractivity contribution in [2.45, 2.75) is 26.3 Å². The van der Waals surface area contributed by atoms with Gasteiger partial charge < -0.3 is 19.5 Å². The normalized spacial score (nSPS) is 10.8. The van der Waals surface area contributed by atoms with Crippen LogP contribution in [0.3, 0.4) is 0 Å². The maximum Gasteiger partial charge on any atom is 0.213 e. The first-order valence-corrected chi connectivity index (χ1v) is 7.71. The summed E-state index contributed by atoms with van der Waals surface area (Å²) in [7, 11) is 1.66. The van der Waals surface area contributed by atoms with Crippen LogP contribution in [0, 0.1) is 0 Å². The molecule has 1 rings (SSSR count). The number of ether oxygens (including phenoxy) is 3. The van der Waals surface area contributed by atoms with Crippen LogP contribution < -0.4 is 10.1 Å². The predicted molar refractivity (Wildman–Crippen MR) is 84.1 cm³/mol. The van der Waals surface area contributed by atoms with Crippen molar-refractivity contribution in [3.8, 4) is 5.88 Å². The fraction of sp³-hybridized carbons (Fsp3) is 0.667. The Balaban J connectivity index is 2.26. The summed E-state index contributed by atoms with van der Waals surface area (Å²) in [5.74, 6) is 0.601. The minimum atomic E-state index is 0.573. The highest BCUT2D eigenvalue weighted by Crippen LogP contribution is 2.18. The lowest BCUT2D eigenvalue weighted by Gasteiger charge is -2.09. The van der Waals surface area contributed by atoms with Crippen LogP contribution in [0.5, 0.6) is 5.88 Å². The Morgan fingerprint density at radius 2 is 2.05 bits per heavy atom. The molecule has 120 valence electrons. The Bertz CT molecular complexity index is 391. The molecule has 5 nitrogen and oxygen atoms in total. The monoisotopic (exact) mass is 316 g/mol. The van der Waals surface area contributed by atoms with E-state index < -0.39 is 0 Å². The third-order valence-electron chi connectivity index (χ3n) is 2.73. The molecular formula is C15H25ClN2O3. The molecule has 0 amide bonds. The number of nitrogens with zero attached hydrogens (tertiary/aromatic N) is 1. The largest absolute Gasteiger partial charge is 0.478 e. The maximum atomic E-state index is 6.12. The molecule has 0 fully saturated rings. The highest BCUT2D eigenvalue weighted by Gasteiger charge is 2.04. The van der Waals surface area contributed by atoms with Gasteiger partial charge in [-0.25, -0.2) is 4.98 Å². The third-order valence-corrected chi connectivity index (χ3v) is 3.07. The van der Waals surface area contributed by atoms with Crippen LogP contribution in [0.15, 0.2) is 12.1 Å². The minimum absolute atomic E-state index is 0.573. The number of aromatic nitrogens is 1. The summed E-state index contributed by atoms with van der Waals surface area (Å²) in [4.78, 5) is 4.41. The van der Waals surface area contributed by atoms with Crippen molar-refractivity contribution in [2.24, 2.45) is 0 Å². The van der Waals surface area contributed by atoms with Gasteiger partial charge in [0.2, 0.25) is 5.88 Å². The summed E-state index contributed by atoms with van der Waals surface area (Å²) < 4.78 is 15.9. The van der Waals surface area contributed by atoms with E-state index in [0.717, 1.165) is 25.1 Å². The van der Waals surface area contributed by atoms with Crippen molar-refractivity contribution < 1.29 is 14.2 Å². The summed E-state index contributed by atoms with van der Waals surface area (Å²) in [6, 6.07) is 3.61. The standard InChI is InChI=1S/C15H25ClN2O3/c1-3-7-17-12-14-13(16)5-6-15(18-14)21-9-4-8-20-11-10-19-2/h5-6,17H,3-4,7-12H2,1-2H3. The highest BCUT2D eigenvalue weighted by molar-refractivity contribution is 6.31. The summed E-state index contributed by atoms with van der Waals surface area (Å²) >= 11 is 6.12. The smallest absolute Gasteiger partial charge is 0.213 e. The van der Waals surface area contributed by atoms with Gasteiger partial charge in [-0.05, 0) is 19.0 Å². The molecule has 0 saturated carbocycles. The first-order valence-electron chi connectivity index (χ1n) is 7.33. The molecule has 1 aromatic rings. The molecule has 21 heavy (non-hydrogen) atoms. The second-order valence-corrected chi connectivity index (χ2v) is 4.97. The lowest BCUT2D eigenvalue weighted by atomic mass is 10.3. The number of rotatable bonds is 12. The number of halogens is 1. The van der Waals surface area contributed by atoms with Crippen LogP contribution in [-0.4, -0.2) is 45.1 Å². The van der Waals surface area contributed by atoms with Crippen LogP contribution in [0.1, 0.15) is 25.5 Å². The fourth-order valence-corrected chi connectivity index (χ4v) is 1.81. The number of hydrogen-bond acceptors (Lipinski definition) is 5. The third kappa shape index (κ3) is 8.21. The average molecular weight is 317 g/mol. The molecule has 1 aromatic heterocycles. The minimum Gasteiger partial charge on any atom is -0.478 e. The van der Waals surface area contributed by atoms with E-state index in [4.69, 9.17) is 25.8 Å². The van der Waals surface area contributed by atoms with Gasteiger partial charge >= 0.3 is 0 Å². The van der Waals surface area contributed by atoms with Crippen LogP contribution in [-0.2, 0) is 16.0 Å². The summed E-state index contributed by atoms with van der Waals surface area (Å²) in [5.41, 5.74) is 0.818. The quantitative estimate of drug-likeness (QED) is 0.601. The average Bonchev–Trinajstić information content (AvgIpc) is 2.49. The van der Waals surface area contributed by atoms with Crippen molar-refractivity contribution in [1.82, 2.24) is 10.3 Å². The molecule has 0 atom stereocenters. The first-order chi connectivity index (χ1) is 10.3. The molecule has 0 saturated heterocycles. The van der Waals surface area contributed by atoms with Gasteiger partial charge in [0.05, 0.1) is 30.5 Å². The first kappa shape index (κ1) is 18.2. The van der Waals surface area contributed by atoms with Gasteiger partial charge in [-0.2, -0.15) is 0 Å². The molecule has 0 bridgehead atoms. The Labute approximate surface area is 131 Å². The van der Waals surface area contributed by atoms with Gasteiger partial charge in [0.25, 0.3) is 0 Å². The molecule has 0 aliphatic carbocycles. The number of nitrogens with one attached hydrogen (secondary N) is 1. The lowest BCUT2D eigenvalue weighted by molar-refractivity contribution is 0.0642. The van der Waals surface area contributed by atoms with E-state index in [0.29, 0.717) is 43.9 Å². The van der Waals surface area contributed by atoms with Crippen molar-refractivity contribution in [3.05, 3.63) is 22.8 Å². The van der Waals surface area contributed by atoms with Crippen molar-refractivity contribution in [2.75, 3.05) is 40.1 Å². The lowest BCUT2D eigenvalue weighted by Crippen LogP contribution is -2.15. The van der Waals surface area contributed by atoms with E-state index in [1.165, 1.54) is 0 Å². The molecule has 1 heterocycles. The van der Waals surface area contributed by atoms with E-state index in [1.54, 1.807) is 13.2 Å².